The van der Waals surface area contributed by atoms with Crippen molar-refractivity contribution in [1.82, 2.24) is 4.98 Å². The summed E-state index contributed by atoms with van der Waals surface area (Å²) in [6.45, 7) is 0.242. The van der Waals surface area contributed by atoms with Gasteiger partial charge in [0.2, 0.25) is 5.88 Å². The minimum atomic E-state index is -0.422. The Bertz CT molecular complexity index is 1330. The number of phenols is 1. The lowest BCUT2D eigenvalue weighted by Gasteiger charge is -2.08. The average Bonchev–Trinajstić information content (AvgIpc) is 2.73. The number of benzene rings is 3. The molecule has 30 heavy (non-hydrogen) atoms. The molecule has 0 aliphatic rings. The van der Waals surface area contributed by atoms with Gasteiger partial charge in [-0.2, -0.15) is 0 Å². The highest BCUT2D eigenvalue weighted by atomic mass is 19.1. The molecule has 0 aliphatic heterocycles. The van der Waals surface area contributed by atoms with Crippen molar-refractivity contribution >= 4 is 22.7 Å². The van der Waals surface area contributed by atoms with Crippen LogP contribution >= 0.6 is 0 Å². The van der Waals surface area contributed by atoms with Crippen LogP contribution in [-0.4, -0.2) is 21.4 Å². The van der Waals surface area contributed by atoms with Crippen LogP contribution in [0.1, 0.15) is 11.1 Å². The number of aromatic nitrogens is 1. The van der Waals surface area contributed by atoms with E-state index in [1.54, 1.807) is 42.5 Å². The first kappa shape index (κ1) is 19.2. The minimum Gasteiger partial charge on any atom is -0.506 e. The summed E-state index contributed by atoms with van der Waals surface area (Å²) in [7, 11) is 0. The van der Waals surface area contributed by atoms with Gasteiger partial charge in [0, 0.05) is 17.0 Å². The van der Waals surface area contributed by atoms with Gasteiger partial charge in [0.1, 0.15) is 11.6 Å². The molecular weight excluding hydrogens is 385 g/mol. The molecule has 1 heterocycles. The molecule has 0 bridgehead atoms. The zero-order valence-corrected chi connectivity index (χ0v) is 15.8. The molecule has 0 saturated carbocycles. The molecule has 4 rings (SSSR count). The summed E-state index contributed by atoms with van der Waals surface area (Å²) in [6, 6.07) is 16.0. The van der Waals surface area contributed by atoms with Crippen molar-refractivity contribution in [3.63, 3.8) is 0 Å². The van der Waals surface area contributed by atoms with Crippen LogP contribution in [0.15, 0.2) is 70.5 Å². The van der Waals surface area contributed by atoms with E-state index in [0.717, 1.165) is 16.7 Å². The third-order valence-electron chi connectivity index (χ3n) is 4.81. The van der Waals surface area contributed by atoms with Gasteiger partial charge in [-0.1, -0.05) is 24.3 Å². The summed E-state index contributed by atoms with van der Waals surface area (Å²) >= 11 is 0. The van der Waals surface area contributed by atoms with E-state index in [-0.39, 0.29) is 29.7 Å². The summed E-state index contributed by atoms with van der Waals surface area (Å²) in [5, 5.41) is 20.9. The first-order chi connectivity index (χ1) is 14.4. The largest absolute Gasteiger partial charge is 0.506 e. The molecular formula is C23H18FN3O3. The average molecular weight is 403 g/mol. The van der Waals surface area contributed by atoms with Crippen LogP contribution in [0.2, 0.25) is 0 Å². The van der Waals surface area contributed by atoms with Crippen molar-refractivity contribution in [2.45, 2.75) is 6.54 Å². The number of nitrogens with two attached hydrogens (primary N) is 1. The van der Waals surface area contributed by atoms with E-state index < -0.39 is 5.56 Å². The van der Waals surface area contributed by atoms with E-state index in [9.17, 15) is 19.4 Å². The number of hydrogen-bond acceptors (Lipinski definition) is 5. The molecule has 0 amide bonds. The first-order valence-corrected chi connectivity index (χ1v) is 9.14. The SMILES string of the molecule is Nc1ccc(CN=Cc2c(O)[nH]c(=O)c3ccc(-c4ccc(F)cc4)cc23)cc1O. The van der Waals surface area contributed by atoms with Crippen LogP contribution < -0.4 is 11.3 Å². The second-order valence-corrected chi connectivity index (χ2v) is 6.85. The monoisotopic (exact) mass is 403 g/mol. The number of hydrogen-bond donors (Lipinski definition) is 4. The molecule has 0 saturated heterocycles. The van der Waals surface area contributed by atoms with Crippen molar-refractivity contribution in [2.24, 2.45) is 4.99 Å². The summed E-state index contributed by atoms with van der Waals surface area (Å²) in [5.41, 5.74) is 8.09. The van der Waals surface area contributed by atoms with Gasteiger partial charge >= 0.3 is 0 Å². The van der Waals surface area contributed by atoms with Crippen LogP contribution in [0.4, 0.5) is 10.1 Å². The normalized spacial score (nSPS) is 11.4. The van der Waals surface area contributed by atoms with Gasteiger partial charge in [-0.15, -0.1) is 0 Å². The number of aromatic amines is 1. The molecule has 0 radical (unpaired) electrons. The minimum absolute atomic E-state index is 0.0241. The van der Waals surface area contributed by atoms with Crippen LogP contribution in [0.5, 0.6) is 11.6 Å². The number of aliphatic imine (C=N–C) groups is 1. The summed E-state index contributed by atoms with van der Waals surface area (Å²) in [6.07, 6.45) is 1.47. The number of pyridine rings is 1. The quantitative estimate of drug-likeness (QED) is 0.235. The molecule has 3 aromatic carbocycles. The van der Waals surface area contributed by atoms with Crippen molar-refractivity contribution in [3.05, 3.63) is 88.0 Å². The zero-order chi connectivity index (χ0) is 21.3. The van der Waals surface area contributed by atoms with Crippen molar-refractivity contribution in [3.8, 4) is 22.8 Å². The van der Waals surface area contributed by atoms with Gasteiger partial charge in [0.05, 0.1) is 17.8 Å². The fourth-order valence-corrected chi connectivity index (χ4v) is 3.22. The van der Waals surface area contributed by atoms with E-state index in [0.29, 0.717) is 16.3 Å². The van der Waals surface area contributed by atoms with E-state index in [2.05, 4.69) is 9.98 Å². The van der Waals surface area contributed by atoms with Crippen LogP contribution in [0, 0.1) is 5.82 Å². The van der Waals surface area contributed by atoms with E-state index in [1.165, 1.54) is 24.4 Å². The van der Waals surface area contributed by atoms with Gasteiger partial charge in [-0.25, -0.2) is 4.39 Å². The predicted molar refractivity (Wildman–Crippen MR) is 115 cm³/mol. The Morgan fingerprint density at radius 1 is 0.967 bits per heavy atom. The highest BCUT2D eigenvalue weighted by Crippen LogP contribution is 2.28. The summed E-state index contributed by atoms with van der Waals surface area (Å²) < 4.78 is 13.2. The molecule has 0 unspecified atom stereocenters. The first-order valence-electron chi connectivity index (χ1n) is 9.14. The van der Waals surface area contributed by atoms with Gasteiger partial charge in [-0.3, -0.25) is 14.8 Å². The van der Waals surface area contributed by atoms with Crippen LogP contribution in [0.3, 0.4) is 0 Å². The maximum atomic E-state index is 13.2. The Kier molecular flexibility index (Phi) is 4.93. The van der Waals surface area contributed by atoms with Gasteiger partial charge in [0.25, 0.3) is 5.56 Å². The van der Waals surface area contributed by atoms with Gasteiger partial charge in [0.15, 0.2) is 0 Å². The highest BCUT2D eigenvalue weighted by molar-refractivity contribution is 6.02. The summed E-state index contributed by atoms with van der Waals surface area (Å²) in [4.78, 5) is 19.0. The molecule has 1 aromatic heterocycles. The Labute approximate surface area is 170 Å². The van der Waals surface area contributed by atoms with E-state index in [1.807, 2.05) is 0 Å². The molecule has 0 spiro atoms. The smallest absolute Gasteiger partial charge is 0.258 e. The van der Waals surface area contributed by atoms with Gasteiger partial charge < -0.3 is 15.9 Å². The van der Waals surface area contributed by atoms with E-state index >= 15 is 0 Å². The van der Waals surface area contributed by atoms with Crippen LogP contribution in [-0.2, 0) is 6.54 Å². The number of halogens is 1. The fourth-order valence-electron chi connectivity index (χ4n) is 3.22. The number of nitrogen functional groups attached to an aromatic ring is 1. The molecule has 5 N–H and O–H groups in total. The van der Waals surface area contributed by atoms with Crippen LogP contribution in [0.25, 0.3) is 21.9 Å². The van der Waals surface area contributed by atoms with Crippen molar-refractivity contribution in [1.29, 1.82) is 0 Å². The topological polar surface area (TPSA) is 112 Å². The number of rotatable bonds is 4. The van der Waals surface area contributed by atoms with Crippen molar-refractivity contribution < 1.29 is 14.6 Å². The lowest BCUT2D eigenvalue weighted by atomic mass is 9.99. The molecule has 0 aliphatic carbocycles. The predicted octanol–water partition coefficient (Wildman–Crippen LogP) is 3.95. The number of nitrogens with one attached hydrogen (secondary N) is 1. The third kappa shape index (κ3) is 3.73. The third-order valence-corrected chi connectivity index (χ3v) is 4.81. The maximum Gasteiger partial charge on any atom is 0.258 e. The number of phenolic OH excluding ortho intramolecular Hbond substituents is 1. The fraction of sp³-hybridized carbons (Fsp3) is 0.0435. The van der Waals surface area contributed by atoms with Gasteiger partial charge in [-0.05, 0) is 53.1 Å². The summed E-state index contributed by atoms with van der Waals surface area (Å²) in [5.74, 6) is -0.660. The number of aromatic hydroxyl groups is 2. The standard InChI is InChI=1S/C23H18FN3O3/c24-16-5-2-14(3-6-16)15-4-7-17-18(10-15)19(23(30)27-22(17)29)12-26-11-13-1-8-20(25)21(28)9-13/h1-10,12,28H,11,25H2,(H2,27,29,30). The Hall–Kier alpha value is -4.13. The molecule has 6 nitrogen and oxygen atoms in total. The zero-order valence-electron chi connectivity index (χ0n) is 15.8. The number of H-pyrrole nitrogens is 1. The number of anilines is 1. The molecule has 4 aromatic rings. The Morgan fingerprint density at radius 2 is 1.70 bits per heavy atom. The molecule has 0 fully saturated rings. The lowest BCUT2D eigenvalue weighted by molar-refractivity contribution is 0.452. The second-order valence-electron chi connectivity index (χ2n) is 6.85. The molecule has 7 heteroatoms. The Morgan fingerprint density at radius 3 is 2.43 bits per heavy atom. The molecule has 150 valence electrons. The van der Waals surface area contributed by atoms with E-state index in [4.69, 9.17) is 5.73 Å². The molecule has 0 atom stereocenters. The highest BCUT2D eigenvalue weighted by Gasteiger charge is 2.11. The van der Waals surface area contributed by atoms with Crippen molar-refractivity contribution in [2.75, 3.05) is 5.73 Å². The number of fused-ring (bicyclic) bond motifs is 1. The maximum absolute atomic E-state index is 13.2. The number of nitrogens with zero attached hydrogens (tertiary/aromatic N) is 1. The lowest BCUT2D eigenvalue weighted by Crippen LogP contribution is -2.08. The Balaban J connectivity index is 1.75. The second kappa shape index (κ2) is 7.71.